The standard InChI is InChI=1S/C15H17BrClNS/c1-4-18-14(15-12(16)5-6-19-15)11-7-9(2)10(3)8-13(11)17/h5-8,14,18H,4H2,1-3H3. The number of hydrogen-bond donors (Lipinski definition) is 1. The molecule has 0 fully saturated rings. The van der Waals surface area contributed by atoms with Gasteiger partial charge in [0.1, 0.15) is 0 Å². The van der Waals surface area contributed by atoms with Crippen LogP contribution in [0.15, 0.2) is 28.1 Å². The number of benzene rings is 1. The molecule has 1 aromatic heterocycles. The van der Waals surface area contributed by atoms with Crippen LogP contribution in [0.25, 0.3) is 0 Å². The molecule has 1 nitrogen and oxygen atoms in total. The van der Waals surface area contributed by atoms with E-state index in [1.54, 1.807) is 11.3 Å². The molecular formula is C15H17BrClNS. The minimum absolute atomic E-state index is 0.145. The van der Waals surface area contributed by atoms with Crippen molar-refractivity contribution < 1.29 is 0 Å². The molecule has 19 heavy (non-hydrogen) atoms. The zero-order valence-corrected chi connectivity index (χ0v) is 14.4. The summed E-state index contributed by atoms with van der Waals surface area (Å²) in [6.07, 6.45) is 0. The first-order valence-electron chi connectivity index (χ1n) is 6.27. The van der Waals surface area contributed by atoms with Crippen molar-refractivity contribution in [3.8, 4) is 0 Å². The van der Waals surface area contributed by atoms with Crippen molar-refractivity contribution in [2.45, 2.75) is 26.8 Å². The number of rotatable bonds is 4. The van der Waals surface area contributed by atoms with Crippen LogP contribution in [0, 0.1) is 13.8 Å². The molecule has 1 N–H and O–H groups in total. The molecule has 2 aromatic rings. The fourth-order valence-corrected chi connectivity index (χ4v) is 4.11. The largest absolute Gasteiger partial charge is 0.306 e. The van der Waals surface area contributed by atoms with E-state index in [2.05, 4.69) is 65.6 Å². The lowest BCUT2D eigenvalue weighted by Gasteiger charge is -2.20. The van der Waals surface area contributed by atoms with Gasteiger partial charge in [-0.2, -0.15) is 0 Å². The van der Waals surface area contributed by atoms with Crippen molar-refractivity contribution in [3.63, 3.8) is 0 Å². The molecule has 4 heteroatoms. The summed E-state index contributed by atoms with van der Waals surface area (Å²) in [6, 6.07) is 6.47. The Bertz CT molecular complexity index is 580. The molecule has 0 bridgehead atoms. The van der Waals surface area contributed by atoms with Crippen molar-refractivity contribution in [1.82, 2.24) is 5.32 Å². The molecule has 2 rings (SSSR count). The highest BCUT2D eigenvalue weighted by Crippen LogP contribution is 2.36. The Morgan fingerprint density at radius 3 is 2.58 bits per heavy atom. The maximum absolute atomic E-state index is 6.45. The van der Waals surface area contributed by atoms with Crippen LogP contribution in [-0.2, 0) is 0 Å². The molecule has 102 valence electrons. The van der Waals surface area contributed by atoms with Crippen molar-refractivity contribution in [2.75, 3.05) is 6.54 Å². The van der Waals surface area contributed by atoms with Gasteiger partial charge in [-0.15, -0.1) is 11.3 Å². The Hall–Kier alpha value is -0.350. The fourth-order valence-electron chi connectivity index (χ4n) is 2.08. The third-order valence-electron chi connectivity index (χ3n) is 3.24. The monoisotopic (exact) mass is 357 g/mol. The van der Waals surface area contributed by atoms with Gasteiger partial charge in [0.25, 0.3) is 0 Å². The van der Waals surface area contributed by atoms with Crippen molar-refractivity contribution in [3.05, 3.63) is 54.6 Å². The van der Waals surface area contributed by atoms with Gasteiger partial charge in [0.15, 0.2) is 0 Å². The zero-order valence-electron chi connectivity index (χ0n) is 11.3. The number of thiophene rings is 1. The lowest BCUT2D eigenvalue weighted by molar-refractivity contribution is 0.637. The molecule has 0 aliphatic rings. The van der Waals surface area contributed by atoms with Crippen LogP contribution in [0.5, 0.6) is 0 Å². The van der Waals surface area contributed by atoms with Gasteiger partial charge >= 0.3 is 0 Å². The fraction of sp³-hybridized carbons (Fsp3) is 0.333. The summed E-state index contributed by atoms with van der Waals surface area (Å²) >= 11 is 11.8. The Morgan fingerprint density at radius 2 is 2.00 bits per heavy atom. The average Bonchev–Trinajstić information content (AvgIpc) is 2.77. The highest BCUT2D eigenvalue weighted by atomic mass is 79.9. The number of hydrogen-bond acceptors (Lipinski definition) is 2. The molecule has 1 aromatic carbocycles. The molecule has 0 aliphatic heterocycles. The van der Waals surface area contributed by atoms with Crippen molar-refractivity contribution >= 4 is 38.9 Å². The summed E-state index contributed by atoms with van der Waals surface area (Å²) in [5.41, 5.74) is 3.65. The zero-order chi connectivity index (χ0) is 14.0. The van der Waals surface area contributed by atoms with Gasteiger partial charge in [-0.1, -0.05) is 24.6 Å². The van der Waals surface area contributed by atoms with E-state index in [0.29, 0.717) is 0 Å². The topological polar surface area (TPSA) is 12.0 Å². The first-order chi connectivity index (χ1) is 9.04. The van der Waals surface area contributed by atoms with Crippen LogP contribution in [0.1, 0.15) is 34.5 Å². The van der Waals surface area contributed by atoms with E-state index in [4.69, 9.17) is 11.6 Å². The Labute approximate surface area is 132 Å². The molecule has 1 atom stereocenters. The summed E-state index contributed by atoms with van der Waals surface area (Å²) in [5, 5.41) is 6.45. The predicted octanol–water partition coefficient (Wildman–Crippen LogP) is 5.48. The molecule has 1 unspecified atom stereocenters. The van der Waals surface area contributed by atoms with Crippen LogP contribution in [0.3, 0.4) is 0 Å². The Balaban J connectivity index is 2.51. The van der Waals surface area contributed by atoms with Gasteiger partial charge in [0, 0.05) is 14.4 Å². The third kappa shape index (κ3) is 3.22. The van der Waals surface area contributed by atoms with E-state index in [0.717, 1.165) is 21.6 Å². The van der Waals surface area contributed by atoms with E-state index in [1.165, 1.54) is 16.0 Å². The van der Waals surface area contributed by atoms with E-state index >= 15 is 0 Å². The Morgan fingerprint density at radius 1 is 1.32 bits per heavy atom. The lowest BCUT2D eigenvalue weighted by atomic mass is 9.99. The summed E-state index contributed by atoms with van der Waals surface area (Å²) in [5.74, 6) is 0. The summed E-state index contributed by atoms with van der Waals surface area (Å²) in [4.78, 5) is 1.27. The maximum atomic E-state index is 6.45. The van der Waals surface area contributed by atoms with E-state index in [9.17, 15) is 0 Å². The summed E-state index contributed by atoms with van der Waals surface area (Å²) < 4.78 is 1.14. The smallest absolute Gasteiger partial charge is 0.0697 e. The average molecular weight is 359 g/mol. The summed E-state index contributed by atoms with van der Waals surface area (Å²) in [7, 11) is 0. The molecule has 0 radical (unpaired) electrons. The maximum Gasteiger partial charge on any atom is 0.0697 e. The minimum atomic E-state index is 0.145. The van der Waals surface area contributed by atoms with Gasteiger partial charge in [-0.05, 0) is 70.5 Å². The van der Waals surface area contributed by atoms with Crippen molar-refractivity contribution in [2.24, 2.45) is 0 Å². The molecule has 1 heterocycles. The van der Waals surface area contributed by atoms with Crippen molar-refractivity contribution in [1.29, 1.82) is 0 Å². The lowest BCUT2D eigenvalue weighted by Crippen LogP contribution is -2.22. The van der Waals surface area contributed by atoms with Crippen LogP contribution >= 0.6 is 38.9 Å². The van der Waals surface area contributed by atoms with Crippen LogP contribution in [0.4, 0.5) is 0 Å². The van der Waals surface area contributed by atoms with E-state index in [1.807, 2.05) is 0 Å². The van der Waals surface area contributed by atoms with Crippen LogP contribution in [0.2, 0.25) is 5.02 Å². The molecule has 0 aliphatic carbocycles. The minimum Gasteiger partial charge on any atom is -0.306 e. The van der Waals surface area contributed by atoms with Crippen LogP contribution in [-0.4, -0.2) is 6.54 Å². The van der Waals surface area contributed by atoms with Crippen LogP contribution < -0.4 is 5.32 Å². The highest BCUT2D eigenvalue weighted by molar-refractivity contribution is 9.10. The molecule has 0 saturated heterocycles. The highest BCUT2D eigenvalue weighted by Gasteiger charge is 2.20. The number of halogens is 2. The first-order valence-corrected chi connectivity index (χ1v) is 8.32. The third-order valence-corrected chi connectivity index (χ3v) is 5.50. The van der Waals surface area contributed by atoms with E-state index in [-0.39, 0.29) is 6.04 Å². The van der Waals surface area contributed by atoms with Gasteiger partial charge in [0.2, 0.25) is 0 Å². The summed E-state index contributed by atoms with van der Waals surface area (Å²) in [6.45, 7) is 7.23. The second-order valence-electron chi connectivity index (χ2n) is 4.58. The van der Waals surface area contributed by atoms with Gasteiger partial charge in [-0.3, -0.25) is 0 Å². The second kappa shape index (κ2) is 6.40. The predicted molar refractivity (Wildman–Crippen MR) is 88.5 cm³/mol. The van der Waals surface area contributed by atoms with Gasteiger partial charge in [0.05, 0.1) is 6.04 Å². The first kappa shape index (κ1) is 15.0. The number of nitrogens with one attached hydrogen (secondary N) is 1. The van der Waals surface area contributed by atoms with E-state index < -0.39 is 0 Å². The number of aryl methyl sites for hydroxylation is 2. The molecule has 0 saturated carbocycles. The van der Waals surface area contributed by atoms with Gasteiger partial charge < -0.3 is 5.32 Å². The molecule has 0 spiro atoms. The SMILES string of the molecule is CCNC(c1cc(C)c(C)cc1Cl)c1sccc1Br. The molecular weight excluding hydrogens is 342 g/mol. The Kier molecular flexibility index (Phi) is 5.07. The quantitative estimate of drug-likeness (QED) is 0.763. The normalized spacial score (nSPS) is 12.7. The second-order valence-corrected chi connectivity index (χ2v) is 6.79. The van der Waals surface area contributed by atoms with Gasteiger partial charge in [-0.25, -0.2) is 0 Å². The molecule has 0 amide bonds.